The van der Waals surface area contributed by atoms with Crippen molar-refractivity contribution in [2.24, 2.45) is 5.10 Å². The van der Waals surface area contributed by atoms with Gasteiger partial charge in [0, 0.05) is 17.5 Å². The van der Waals surface area contributed by atoms with Crippen molar-refractivity contribution in [3.63, 3.8) is 0 Å². The molecule has 0 radical (unpaired) electrons. The van der Waals surface area contributed by atoms with Gasteiger partial charge in [-0.25, -0.2) is 5.01 Å². The fourth-order valence-corrected chi connectivity index (χ4v) is 4.21. The number of phenolic OH excluding ortho intramolecular Hbond substituents is 1. The summed E-state index contributed by atoms with van der Waals surface area (Å²) in [7, 11) is 0. The van der Waals surface area contributed by atoms with E-state index in [1.165, 1.54) is 10.4 Å². The number of hydrogen-bond donors (Lipinski definition) is 1. The van der Waals surface area contributed by atoms with E-state index >= 15 is 0 Å². The number of fused-ring (bicyclic) bond motifs is 3. The Bertz CT molecular complexity index is 935. The van der Waals surface area contributed by atoms with Gasteiger partial charge in [0.1, 0.15) is 11.5 Å². The second-order valence-electron chi connectivity index (χ2n) is 6.22. The molecule has 0 amide bonds. The van der Waals surface area contributed by atoms with Gasteiger partial charge in [-0.2, -0.15) is 5.10 Å². The molecule has 3 aromatic rings. The van der Waals surface area contributed by atoms with E-state index in [-0.39, 0.29) is 18.0 Å². The summed E-state index contributed by atoms with van der Waals surface area (Å²) in [5.74, 6) is 1.16. The van der Waals surface area contributed by atoms with Gasteiger partial charge in [0.05, 0.1) is 16.6 Å². The molecule has 0 bridgehead atoms. The molecule has 1 aromatic heterocycles. The van der Waals surface area contributed by atoms with Crippen molar-refractivity contribution in [3.05, 3.63) is 82.0 Å². The van der Waals surface area contributed by atoms with Crippen LogP contribution in [0.5, 0.6) is 11.5 Å². The van der Waals surface area contributed by atoms with Gasteiger partial charge in [-0.15, -0.1) is 11.3 Å². The van der Waals surface area contributed by atoms with Crippen LogP contribution in [0.4, 0.5) is 0 Å². The lowest BCUT2D eigenvalue weighted by Gasteiger charge is -2.38. The molecule has 0 saturated carbocycles. The van der Waals surface area contributed by atoms with Crippen LogP contribution < -0.4 is 4.74 Å². The van der Waals surface area contributed by atoms with Crippen molar-refractivity contribution < 1.29 is 9.84 Å². The molecule has 5 heteroatoms. The summed E-state index contributed by atoms with van der Waals surface area (Å²) in [4.78, 5) is 1.20. The first-order chi connectivity index (χ1) is 12.3. The molecule has 4 nitrogen and oxygen atoms in total. The molecule has 2 atom stereocenters. The summed E-state index contributed by atoms with van der Waals surface area (Å²) < 4.78 is 6.28. The monoisotopic (exact) mass is 348 g/mol. The van der Waals surface area contributed by atoms with E-state index in [2.05, 4.69) is 28.6 Å². The number of hydrazone groups is 1. The molecule has 2 aromatic carbocycles. The molecule has 0 fully saturated rings. The van der Waals surface area contributed by atoms with Crippen molar-refractivity contribution in [2.45, 2.75) is 18.7 Å². The summed E-state index contributed by atoms with van der Waals surface area (Å²) in [6.45, 7) is 0. The normalized spacial score (nSPS) is 21.3. The minimum atomic E-state index is -0.294. The molecule has 0 spiro atoms. The van der Waals surface area contributed by atoms with Crippen LogP contribution in [0.2, 0.25) is 0 Å². The van der Waals surface area contributed by atoms with Gasteiger partial charge in [0.25, 0.3) is 0 Å². The summed E-state index contributed by atoms with van der Waals surface area (Å²) in [5, 5.41) is 18.6. The van der Waals surface area contributed by atoms with Crippen LogP contribution in [-0.4, -0.2) is 15.8 Å². The maximum atomic E-state index is 9.59. The molecule has 2 aliphatic rings. The average molecular weight is 348 g/mol. The molecule has 2 unspecified atom stereocenters. The van der Waals surface area contributed by atoms with E-state index < -0.39 is 0 Å². The van der Waals surface area contributed by atoms with E-state index in [1.54, 1.807) is 23.5 Å². The number of rotatable bonds is 2. The van der Waals surface area contributed by atoms with Gasteiger partial charge in [0.15, 0.2) is 0 Å². The van der Waals surface area contributed by atoms with E-state index in [1.807, 2.05) is 30.3 Å². The number of benzene rings is 2. The molecular formula is C20H16N2O2S. The topological polar surface area (TPSA) is 45.1 Å². The summed E-state index contributed by atoms with van der Waals surface area (Å²) in [6.07, 6.45) is 0.577. The van der Waals surface area contributed by atoms with Crippen LogP contribution in [0.1, 0.15) is 34.7 Å². The molecule has 1 N–H and O–H groups in total. The van der Waals surface area contributed by atoms with Crippen LogP contribution in [0, 0.1) is 0 Å². The van der Waals surface area contributed by atoms with Crippen molar-refractivity contribution >= 4 is 17.0 Å². The Morgan fingerprint density at radius 2 is 1.88 bits per heavy atom. The first kappa shape index (κ1) is 14.5. The van der Waals surface area contributed by atoms with Crippen LogP contribution in [-0.2, 0) is 0 Å². The molecule has 3 heterocycles. The Morgan fingerprint density at radius 3 is 2.68 bits per heavy atom. The Kier molecular flexibility index (Phi) is 3.28. The van der Waals surface area contributed by atoms with Gasteiger partial charge in [-0.05, 0) is 41.8 Å². The summed E-state index contributed by atoms with van der Waals surface area (Å²) in [6, 6.07) is 19.7. The minimum absolute atomic E-state index is 0.167. The lowest BCUT2D eigenvalue weighted by atomic mass is 9.98. The fraction of sp³-hybridized carbons (Fsp3) is 0.150. The van der Waals surface area contributed by atoms with E-state index in [4.69, 9.17) is 9.84 Å². The number of aromatic hydroxyl groups is 1. The van der Waals surface area contributed by atoms with E-state index in [9.17, 15) is 5.11 Å². The summed E-state index contributed by atoms with van der Waals surface area (Å²) in [5.41, 5.74) is 3.25. The largest absolute Gasteiger partial charge is 0.508 e. The van der Waals surface area contributed by atoms with Crippen molar-refractivity contribution in [3.8, 4) is 11.5 Å². The molecule has 2 aliphatic heterocycles. The highest BCUT2D eigenvalue weighted by molar-refractivity contribution is 7.12. The Labute approximate surface area is 149 Å². The van der Waals surface area contributed by atoms with Gasteiger partial charge in [0.2, 0.25) is 6.23 Å². The van der Waals surface area contributed by atoms with Crippen LogP contribution in [0.25, 0.3) is 0 Å². The Morgan fingerprint density at radius 1 is 1.04 bits per heavy atom. The molecule has 5 rings (SSSR count). The first-order valence-electron chi connectivity index (χ1n) is 8.24. The third-order valence-electron chi connectivity index (χ3n) is 4.68. The number of ether oxygens (including phenoxy) is 1. The highest BCUT2D eigenvalue weighted by Gasteiger charge is 2.40. The van der Waals surface area contributed by atoms with Crippen LogP contribution in [0.3, 0.4) is 0 Å². The van der Waals surface area contributed by atoms with Gasteiger partial charge in [-0.3, -0.25) is 0 Å². The lowest BCUT2D eigenvalue weighted by Crippen LogP contribution is -2.33. The number of nitrogens with zero attached hydrogens (tertiary/aromatic N) is 2. The Hall–Kier alpha value is -2.79. The first-order valence-corrected chi connectivity index (χ1v) is 9.12. The maximum absolute atomic E-state index is 9.59. The smallest absolute Gasteiger partial charge is 0.213 e. The predicted octanol–water partition coefficient (Wildman–Crippen LogP) is 4.70. The standard InChI is InChI=1S/C20H16N2O2S/c23-14-9-7-13(8-10-14)20-22-17(15-4-1-2-5-18(15)24-20)12-16(21-22)19-6-3-11-25-19/h1-11,17,20,23H,12H2. The second kappa shape index (κ2) is 5.63. The third kappa shape index (κ3) is 2.39. The van der Waals surface area contributed by atoms with Gasteiger partial charge >= 0.3 is 0 Å². The Balaban J connectivity index is 1.60. The lowest BCUT2D eigenvalue weighted by molar-refractivity contribution is -0.0190. The third-order valence-corrected chi connectivity index (χ3v) is 5.60. The number of hydrogen-bond acceptors (Lipinski definition) is 5. The van der Waals surface area contributed by atoms with E-state index in [0.29, 0.717) is 0 Å². The molecule has 124 valence electrons. The SMILES string of the molecule is Oc1ccc(C2Oc3ccccc3C3CC(c4cccs4)=NN32)cc1. The highest BCUT2D eigenvalue weighted by Crippen LogP contribution is 2.47. The maximum Gasteiger partial charge on any atom is 0.213 e. The number of thiophene rings is 1. The average Bonchev–Trinajstić information content (AvgIpc) is 3.31. The van der Waals surface area contributed by atoms with E-state index in [0.717, 1.165) is 23.4 Å². The van der Waals surface area contributed by atoms with Crippen molar-refractivity contribution in [2.75, 3.05) is 0 Å². The zero-order valence-corrected chi connectivity index (χ0v) is 14.2. The summed E-state index contributed by atoms with van der Waals surface area (Å²) >= 11 is 1.71. The van der Waals surface area contributed by atoms with Crippen LogP contribution >= 0.6 is 11.3 Å². The molecule has 0 aliphatic carbocycles. The van der Waals surface area contributed by atoms with Crippen LogP contribution in [0.15, 0.2) is 71.1 Å². The zero-order chi connectivity index (χ0) is 16.8. The number of phenols is 1. The molecule has 0 saturated heterocycles. The zero-order valence-electron chi connectivity index (χ0n) is 13.4. The minimum Gasteiger partial charge on any atom is -0.508 e. The number of para-hydroxylation sites is 1. The predicted molar refractivity (Wildman–Crippen MR) is 98.0 cm³/mol. The quantitative estimate of drug-likeness (QED) is 0.730. The molecular weight excluding hydrogens is 332 g/mol. The second-order valence-corrected chi connectivity index (χ2v) is 7.17. The van der Waals surface area contributed by atoms with Gasteiger partial charge < -0.3 is 9.84 Å². The highest BCUT2D eigenvalue weighted by atomic mass is 32.1. The van der Waals surface area contributed by atoms with Crippen molar-refractivity contribution in [1.29, 1.82) is 0 Å². The fourth-order valence-electron chi connectivity index (χ4n) is 3.48. The molecule has 25 heavy (non-hydrogen) atoms. The van der Waals surface area contributed by atoms with Gasteiger partial charge in [-0.1, -0.05) is 24.3 Å². The van der Waals surface area contributed by atoms with Crippen molar-refractivity contribution in [1.82, 2.24) is 5.01 Å².